The molecule has 1 aromatic heterocycles. The minimum atomic E-state index is -4.71. The number of alkyl halides is 3. The van der Waals surface area contributed by atoms with Crippen LogP contribution in [-0.4, -0.2) is 29.8 Å². The summed E-state index contributed by atoms with van der Waals surface area (Å²) in [6, 6.07) is 11.7. The number of carbonyl (C=O) groups excluding carboxylic acids is 2. The smallest absolute Gasteiger partial charge is 0.376 e. The van der Waals surface area contributed by atoms with Crippen molar-refractivity contribution in [1.82, 2.24) is 4.90 Å². The first-order chi connectivity index (χ1) is 16.2. The van der Waals surface area contributed by atoms with Gasteiger partial charge in [0.15, 0.2) is 0 Å². The molecule has 0 radical (unpaired) electrons. The molecular weight excluding hydrogens is 470 g/mol. The molecule has 0 bridgehead atoms. The van der Waals surface area contributed by atoms with Crippen molar-refractivity contribution in [2.75, 3.05) is 23.7 Å². The van der Waals surface area contributed by atoms with Crippen molar-refractivity contribution >= 4 is 34.5 Å². The van der Waals surface area contributed by atoms with Crippen LogP contribution in [0.3, 0.4) is 0 Å². The molecule has 2 aromatic carbocycles. The van der Waals surface area contributed by atoms with Crippen molar-refractivity contribution in [2.24, 2.45) is 0 Å². The quantitative estimate of drug-likeness (QED) is 0.420. The molecule has 2 amide bonds. The minimum Gasteiger partial charge on any atom is -0.376 e. The Labute approximate surface area is 197 Å². The first-order valence-electron chi connectivity index (χ1n) is 10.6. The third kappa shape index (κ3) is 5.39. The number of thiophene rings is 1. The standard InChI is InChI=1S/C24H21F4N3O2S/c25-16-7-5-15(6-8-16)23(33)30-17-9-10-19(18(13-17)24(26,27)28)29-14-22(32)31-11-1-3-20(31)21-4-2-12-34-21/h2,4-10,12-13,20,29H,1,3,11,14H2,(H,30,33). The molecule has 5 nitrogen and oxygen atoms in total. The Hall–Kier alpha value is -3.40. The van der Waals surface area contributed by atoms with E-state index in [1.54, 1.807) is 16.2 Å². The summed E-state index contributed by atoms with van der Waals surface area (Å²) < 4.78 is 54.2. The zero-order valence-electron chi connectivity index (χ0n) is 17.9. The van der Waals surface area contributed by atoms with E-state index in [4.69, 9.17) is 0 Å². The molecule has 1 atom stereocenters. The average Bonchev–Trinajstić information content (AvgIpc) is 3.49. The van der Waals surface area contributed by atoms with Crippen molar-refractivity contribution in [3.8, 4) is 0 Å². The van der Waals surface area contributed by atoms with Gasteiger partial charge >= 0.3 is 6.18 Å². The van der Waals surface area contributed by atoms with Gasteiger partial charge < -0.3 is 15.5 Å². The average molecular weight is 492 g/mol. The molecule has 1 aliphatic heterocycles. The lowest BCUT2D eigenvalue weighted by Gasteiger charge is -2.25. The lowest BCUT2D eigenvalue weighted by atomic mass is 10.1. The van der Waals surface area contributed by atoms with E-state index in [0.29, 0.717) is 6.54 Å². The molecule has 1 fully saturated rings. The highest BCUT2D eigenvalue weighted by Crippen LogP contribution is 2.37. The molecule has 4 rings (SSSR count). The number of hydrogen-bond acceptors (Lipinski definition) is 4. The zero-order chi connectivity index (χ0) is 24.3. The molecule has 0 aliphatic carbocycles. The first-order valence-corrected chi connectivity index (χ1v) is 11.5. The van der Waals surface area contributed by atoms with E-state index in [1.165, 1.54) is 24.3 Å². The maximum atomic E-state index is 13.7. The second kappa shape index (κ2) is 9.84. The van der Waals surface area contributed by atoms with Crippen molar-refractivity contribution < 1.29 is 27.2 Å². The maximum absolute atomic E-state index is 13.7. The number of nitrogens with zero attached hydrogens (tertiary/aromatic N) is 1. The highest BCUT2D eigenvalue weighted by atomic mass is 32.1. The maximum Gasteiger partial charge on any atom is 0.418 e. The Morgan fingerprint density at radius 1 is 1.09 bits per heavy atom. The van der Waals surface area contributed by atoms with Crippen LogP contribution in [0.4, 0.5) is 28.9 Å². The molecule has 34 heavy (non-hydrogen) atoms. The number of anilines is 2. The molecule has 178 valence electrons. The van der Waals surface area contributed by atoms with Gasteiger partial charge in [0, 0.05) is 28.4 Å². The highest BCUT2D eigenvalue weighted by molar-refractivity contribution is 7.10. The summed E-state index contributed by atoms with van der Waals surface area (Å²) >= 11 is 1.55. The fraction of sp³-hybridized carbons (Fsp3) is 0.250. The van der Waals surface area contributed by atoms with Crippen LogP contribution in [0, 0.1) is 5.82 Å². The minimum absolute atomic E-state index is 0.0552. The Morgan fingerprint density at radius 3 is 2.53 bits per heavy atom. The Bertz CT molecular complexity index is 1160. The van der Waals surface area contributed by atoms with Gasteiger partial charge in [-0.25, -0.2) is 4.39 Å². The monoisotopic (exact) mass is 491 g/mol. The van der Waals surface area contributed by atoms with Crippen molar-refractivity contribution in [3.05, 3.63) is 81.8 Å². The SMILES string of the molecule is O=C(Nc1ccc(NCC(=O)N2CCCC2c2cccs2)c(C(F)(F)F)c1)c1ccc(F)cc1. The van der Waals surface area contributed by atoms with Gasteiger partial charge in [-0.15, -0.1) is 11.3 Å². The highest BCUT2D eigenvalue weighted by Gasteiger charge is 2.35. The molecule has 2 N–H and O–H groups in total. The number of halogens is 4. The van der Waals surface area contributed by atoms with E-state index >= 15 is 0 Å². The molecule has 3 aromatic rings. The van der Waals surface area contributed by atoms with E-state index in [9.17, 15) is 27.2 Å². The number of rotatable bonds is 6. The third-order valence-electron chi connectivity index (χ3n) is 5.56. The van der Waals surface area contributed by atoms with Crippen LogP contribution < -0.4 is 10.6 Å². The number of nitrogens with one attached hydrogen (secondary N) is 2. The molecule has 0 spiro atoms. The lowest BCUT2D eigenvalue weighted by Crippen LogP contribution is -2.35. The summed E-state index contributed by atoms with van der Waals surface area (Å²) in [7, 11) is 0. The van der Waals surface area contributed by atoms with Crippen LogP contribution in [0.5, 0.6) is 0 Å². The predicted octanol–water partition coefficient (Wildman–Crippen LogP) is 5.93. The van der Waals surface area contributed by atoms with E-state index in [0.717, 1.165) is 35.9 Å². The van der Waals surface area contributed by atoms with E-state index < -0.39 is 23.5 Å². The van der Waals surface area contributed by atoms with E-state index in [2.05, 4.69) is 10.6 Å². The fourth-order valence-corrected chi connectivity index (χ4v) is 4.80. The Morgan fingerprint density at radius 2 is 1.85 bits per heavy atom. The Kier molecular flexibility index (Phi) is 6.87. The van der Waals surface area contributed by atoms with Gasteiger partial charge in [-0.3, -0.25) is 9.59 Å². The normalized spacial score (nSPS) is 15.9. The third-order valence-corrected chi connectivity index (χ3v) is 6.54. The zero-order valence-corrected chi connectivity index (χ0v) is 18.7. The van der Waals surface area contributed by atoms with Gasteiger partial charge in [0.2, 0.25) is 5.91 Å². The molecular formula is C24H21F4N3O2S. The Balaban J connectivity index is 1.46. The van der Waals surface area contributed by atoms with Gasteiger partial charge in [-0.05, 0) is 66.8 Å². The molecule has 1 saturated heterocycles. The topological polar surface area (TPSA) is 61.4 Å². The second-order valence-electron chi connectivity index (χ2n) is 7.83. The van der Waals surface area contributed by atoms with Crippen LogP contribution in [0.15, 0.2) is 60.0 Å². The predicted molar refractivity (Wildman–Crippen MR) is 122 cm³/mol. The van der Waals surface area contributed by atoms with Crippen LogP contribution in [-0.2, 0) is 11.0 Å². The number of hydrogen-bond donors (Lipinski definition) is 2. The molecule has 10 heteroatoms. The van der Waals surface area contributed by atoms with Gasteiger partial charge in [0.1, 0.15) is 5.82 Å². The number of amides is 2. The van der Waals surface area contributed by atoms with Crippen molar-refractivity contribution in [2.45, 2.75) is 25.1 Å². The van der Waals surface area contributed by atoms with Crippen molar-refractivity contribution in [1.29, 1.82) is 0 Å². The lowest BCUT2D eigenvalue weighted by molar-refractivity contribution is -0.137. The summed E-state index contributed by atoms with van der Waals surface area (Å²) in [4.78, 5) is 27.8. The summed E-state index contributed by atoms with van der Waals surface area (Å²) in [6.45, 7) is 0.274. The molecule has 1 aliphatic rings. The molecule has 1 unspecified atom stereocenters. The summed E-state index contributed by atoms with van der Waals surface area (Å²) in [6.07, 6.45) is -3.05. The first kappa shape index (κ1) is 23.7. The molecule has 2 heterocycles. The van der Waals surface area contributed by atoms with E-state index in [1.807, 2.05) is 17.5 Å². The molecule has 0 saturated carbocycles. The number of likely N-dealkylation sites (tertiary alicyclic amines) is 1. The number of carbonyl (C=O) groups is 2. The second-order valence-corrected chi connectivity index (χ2v) is 8.81. The van der Waals surface area contributed by atoms with Crippen LogP contribution in [0.1, 0.15) is 39.7 Å². The largest absolute Gasteiger partial charge is 0.418 e. The van der Waals surface area contributed by atoms with Crippen LogP contribution >= 0.6 is 11.3 Å². The van der Waals surface area contributed by atoms with Gasteiger partial charge in [0.25, 0.3) is 5.91 Å². The van der Waals surface area contributed by atoms with E-state index in [-0.39, 0.29) is 35.4 Å². The summed E-state index contributed by atoms with van der Waals surface area (Å²) in [5, 5.41) is 6.93. The summed E-state index contributed by atoms with van der Waals surface area (Å²) in [5.74, 6) is -1.48. The van der Waals surface area contributed by atoms with Gasteiger partial charge in [0.05, 0.1) is 18.2 Å². The van der Waals surface area contributed by atoms with Crippen LogP contribution in [0.2, 0.25) is 0 Å². The van der Waals surface area contributed by atoms with Crippen molar-refractivity contribution in [3.63, 3.8) is 0 Å². The summed E-state index contributed by atoms with van der Waals surface area (Å²) in [5.41, 5.74) is -1.23. The van der Waals surface area contributed by atoms with Gasteiger partial charge in [-0.2, -0.15) is 13.2 Å². The fourth-order valence-electron chi connectivity index (χ4n) is 3.93. The van der Waals surface area contributed by atoms with Gasteiger partial charge in [-0.1, -0.05) is 6.07 Å². The van der Waals surface area contributed by atoms with Crippen LogP contribution in [0.25, 0.3) is 0 Å². The number of benzene rings is 2.